The molecule has 0 radical (unpaired) electrons. The highest BCUT2D eigenvalue weighted by Gasteiger charge is 2.55. The summed E-state index contributed by atoms with van der Waals surface area (Å²) in [5, 5.41) is 0.151. The van der Waals surface area contributed by atoms with Gasteiger partial charge in [-0.15, -0.1) is 0 Å². The zero-order valence-electron chi connectivity index (χ0n) is 16.0. The number of carbonyl (C=O) groups excluding carboxylic acids is 1. The van der Waals surface area contributed by atoms with Gasteiger partial charge in [-0.1, -0.05) is 51.1 Å². The van der Waals surface area contributed by atoms with Crippen LogP contribution in [0.4, 0.5) is 0 Å². The zero-order chi connectivity index (χ0) is 18.2. The molecule has 4 atom stereocenters. The van der Waals surface area contributed by atoms with E-state index in [-0.39, 0.29) is 35.2 Å². The second-order valence-electron chi connectivity index (χ2n) is 8.82. The molecule has 1 heterocycles. The van der Waals surface area contributed by atoms with Crippen molar-refractivity contribution in [3.63, 3.8) is 0 Å². The van der Waals surface area contributed by atoms with Crippen molar-refractivity contribution in [2.75, 3.05) is 0 Å². The van der Waals surface area contributed by atoms with Crippen LogP contribution in [0.2, 0.25) is 18.1 Å². The van der Waals surface area contributed by atoms with Crippen LogP contribution in [0.5, 0.6) is 0 Å². The molecule has 0 aromatic heterocycles. The van der Waals surface area contributed by atoms with E-state index in [4.69, 9.17) is 13.9 Å². The van der Waals surface area contributed by atoms with E-state index >= 15 is 0 Å². The minimum Gasteiger partial charge on any atom is -0.461 e. The van der Waals surface area contributed by atoms with Gasteiger partial charge in [-0.3, -0.25) is 4.79 Å². The normalized spacial score (nSPS) is 29.0. The van der Waals surface area contributed by atoms with Crippen LogP contribution in [0.3, 0.4) is 0 Å². The van der Waals surface area contributed by atoms with Gasteiger partial charge in [-0.25, -0.2) is 0 Å². The molecule has 0 amide bonds. The first-order valence-electron chi connectivity index (χ1n) is 9.21. The lowest BCUT2D eigenvalue weighted by Crippen LogP contribution is -2.47. The molecule has 3 rings (SSSR count). The minimum absolute atomic E-state index is 0.0221. The number of rotatable bonds is 5. The quantitative estimate of drug-likeness (QED) is 0.445. The molecule has 1 aromatic carbocycles. The number of fused-ring (bicyclic) bond motifs is 1. The predicted octanol–water partition coefficient (Wildman–Crippen LogP) is 4.30. The molecular formula is C20H30O4Si. The van der Waals surface area contributed by atoms with Gasteiger partial charge in [-0.2, -0.15) is 0 Å². The Kier molecular flexibility index (Phi) is 5.10. The Morgan fingerprint density at radius 1 is 1.20 bits per heavy atom. The summed E-state index contributed by atoms with van der Waals surface area (Å²) in [6, 6.07) is 9.81. The van der Waals surface area contributed by atoms with E-state index in [1.807, 2.05) is 30.3 Å². The molecule has 1 saturated carbocycles. The molecule has 4 nitrogen and oxygen atoms in total. The molecule has 25 heavy (non-hydrogen) atoms. The number of carbonyl (C=O) groups is 1. The van der Waals surface area contributed by atoms with E-state index < -0.39 is 8.32 Å². The van der Waals surface area contributed by atoms with E-state index in [0.717, 1.165) is 12.0 Å². The van der Waals surface area contributed by atoms with Crippen molar-refractivity contribution >= 4 is 14.3 Å². The van der Waals surface area contributed by atoms with E-state index in [0.29, 0.717) is 13.0 Å². The van der Waals surface area contributed by atoms with Crippen molar-refractivity contribution in [1.82, 2.24) is 0 Å². The molecule has 1 saturated heterocycles. The third kappa shape index (κ3) is 4.33. The summed E-state index contributed by atoms with van der Waals surface area (Å²) in [5.41, 5.74) is 1.02. The highest BCUT2D eigenvalue weighted by atomic mass is 28.4. The Hall–Kier alpha value is -1.17. The van der Waals surface area contributed by atoms with Crippen LogP contribution in [0, 0.1) is 5.92 Å². The van der Waals surface area contributed by atoms with Gasteiger partial charge in [0.2, 0.25) is 0 Å². The van der Waals surface area contributed by atoms with Crippen molar-refractivity contribution in [2.24, 2.45) is 5.92 Å². The molecule has 5 heteroatoms. The molecule has 1 aromatic rings. The predicted molar refractivity (Wildman–Crippen MR) is 99.7 cm³/mol. The Balaban J connectivity index is 1.58. The van der Waals surface area contributed by atoms with E-state index in [1.54, 1.807) is 0 Å². The number of ether oxygens (including phenoxy) is 2. The van der Waals surface area contributed by atoms with Gasteiger partial charge in [0.25, 0.3) is 0 Å². The van der Waals surface area contributed by atoms with Gasteiger partial charge >= 0.3 is 5.97 Å². The number of esters is 1. The lowest BCUT2D eigenvalue weighted by atomic mass is 9.87. The van der Waals surface area contributed by atoms with Gasteiger partial charge in [0, 0.05) is 0 Å². The van der Waals surface area contributed by atoms with Crippen LogP contribution < -0.4 is 0 Å². The maximum absolute atomic E-state index is 12.5. The molecule has 0 N–H and O–H groups in total. The Morgan fingerprint density at radius 2 is 1.88 bits per heavy atom. The molecule has 2 fully saturated rings. The van der Waals surface area contributed by atoms with Gasteiger partial charge in [0.05, 0.1) is 18.1 Å². The van der Waals surface area contributed by atoms with E-state index in [1.165, 1.54) is 0 Å². The summed E-state index contributed by atoms with van der Waals surface area (Å²) in [6.07, 6.45) is 1.83. The number of epoxide rings is 1. The average molecular weight is 363 g/mol. The van der Waals surface area contributed by atoms with Crippen LogP contribution >= 0.6 is 0 Å². The topological polar surface area (TPSA) is 48.1 Å². The summed E-state index contributed by atoms with van der Waals surface area (Å²) < 4.78 is 17.9. The number of hydrogen-bond donors (Lipinski definition) is 0. The molecule has 0 bridgehead atoms. The van der Waals surface area contributed by atoms with Crippen LogP contribution in [-0.2, 0) is 25.3 Å². The molecular weight excluding hydrogens is 332 g/mol. The van der Waals surface area contributed by atoms with Crippen molar-refractivity contribution in [3.05, 3.63) is 35.9 Å². The summed E-state index contributed by atoms with van der Waals surface area (Å²) in [4.78, 5) is 12.5. The number of hydrogen-bond acceptors (Lipinski definition) is 4. The summed E-state index contributed by atoms with van der Waals surface area (Å²) >= 11 is 0. The Morgan fingerprint density at radius 3 is 2.52 bits per heavy atom. The van der Waals surface area contributed by atoms with Crippen molar-refractivity contribution < 1.29 is 18.7 Å². The highest BCUT2D eigenvalue weighted by Crippen LogP contribution is 2.45. The fourth-order valence-electron chi connectivity index (χ4n) is 3.17. The number of benzene rings is 1. The minimum atomic E-state index is -1.88. The molecule has 1 aliphatic carbocycles. The largest absolute Gasteiger partial charge is 0.461 e. The van der Waals surface area contributed by atoms with Crippen LogP contribution in [-0.4, -0.2) is 32.6 Å². The van der Waals surface area contributed by atoms with Gasteiger partial charge in [0.15, 0.2) is 8.32 Å². The smallest absolute Gasteiger partial charge is 0.309 e. The third-order valence-corrected chi connectivity index (χ3v) is 10.3. The maximum atomic E-state index is 12.5. The Labute approximate surface area is 152 Å². The summed E-state index contributed by atoms with van der Waals surface area (Å²) in [7, 11) is -1.88. The first-order chi connectivity index (χ1) is 11.7. The van der Waals surface area contributed by atoms with Crippen LogP contribution in [0.25, 0.3) is 0 Å². The fourth-order valence-corrected chi connectivity index (χ4v) is 4.51. The van der Waals surface area contributed by atoms with Crippen LogP contribution in [0.15, 0.2) is 30.3 Å². The molecule has 4 unspecified atom stereocenters. The molecule has 138 valence electrons. The second kappa shape index (κ2) is 6.86. The highest BCUT2D eigenvalue weighted by molar-refractivity contribution is 6.74. The SMILES string of the molecule is CC(C)(C)[Si](C)(C)OC1CC(C(=O)OCc2ccccc2)CC2OC21. The first-order valence-corrected chi connectivity index (χ1v) is 12.1. The van der Waals surface area contributed by atoms with Gasteiger partial charge in [-0.05, 0) is 36.5 Å². The summed E-state index contributed by atoms with van der Waals surface area (Å²) in [5.74, 6) is -0.246. The van der Waals surface area contributed by atoms with E-state index in [9.17, 15) is 4.79 Å². The zero-order valence-corrected chi connectivity index (χ0v) is 17.0. The molecule has 0 spiro atoms. The first kappa shape index (κ1) is 18.6. The molecule has 2 aliphatic rings. The summed E-state index contributed by atoms with van der Waals surface area (Å²) in [6.45, 7) is 11.5. The van der Waals surface area contributed by atoms with Crippen molar-refractivity contribution in [2.45, 2.75) is 76.7 Å². The van der Waals surface area contributed by atoms with E-state index in [2.05, 4.69) is 33.9 Å². The third-order valence-electron chi connectivity index (χ3n) is 5.83. The maximum Gasteiger partial charge on any atom is 0.309 e. The molecule has 1 aliphatic heterocycles. The fraction of sp³-hybridized carbons (Fsp3) is 0.650. The van der Waals surface area contributed by atoms with Gasteiger partial charge < -0.3 is 13.9 Å². The lowest BCUT2D eigenvalue weighted by Gasteiger charge is -2.40. The standard InChI is InChI=1S/C20H30O4Si/c1-20(2,3)25(4,5)24-17-12-15(11-16-18(17)23-16)19(21)22-13-14-9-7-6-8-10-14/h6-10,15-18H,11-13H2,1-5H3. The lowest BCUT2D eigenvalue weighted by molar-refractivity contribution is -0.151. The van der Waals surface area contributed by atoms with Crippen molar-refractivity contribution in [1.29, 1.82) is 0 Å². The van der Waals surface area contributed by atoms with Crippen molar-refractivity contribution in [3.8, 4) is 0 Å². The average Bonchev–Trinajstić information content (AvgIpc) is 3.32. The monoisotopic (exact) mass is 362 g/mol. The Bertz CT molecular complexity index is 608. The van der Waals surface area contributed by atoms with Gasteiger partial charge in [0.1, 0.15) is 12.7 Å². The second-order valence-corrected chi connectivity index (χ2v) is 13.6. The van der Waals surface area contributed by atoms with Crippen LogP contribution in [0.1, 0.15) is 39.2 Å².